The zero-order valence-corrected chi connectivity index (χ0v) is 37.3. The molecule has 0 aliphatic carbocycles. The van der Waals surface area contributed by atoms with Crippen LogP contribution in [0.3, 0.4) is 0 Å². The highest BCUT2D eigenvalue weighted by Gasteiger charge is 2.28. The highest BCUT2D eigenvalue weighted by atomic mass is 16.2. The Morgan fingerprint density at radius 2 is 0.796 bits per heavy atom. The fourth-order valence-corrected chi connectivity index (χ4v) is 8.01. The smallest absolute Gasteiger partial charge is 0.240 e. The van der Waals surface area contributed by atoms with Crippen molar-refractivity contribution in [2.75, 3.05) is 39.8 Å². The van der Waals surface area contributed by atoms with E-state index < -0.39 is 5.54 Å². The van der Waals surface area contributed by atoms with Crippen molar-refractivity contribution in [2.24, 2.45) is 11.5 Å². The monoisotopic (exact) mass is 764 g/mol. The Bertz CT molecular complexity index is 782. The number of carbonyl (C=O) groups is 1. The summed E-state index contributed by atoms with van der Waals surface area (Å²) in [5.41, 5.74) is 11.0. The summed E-state index contributed by atoms with van der Waals surface area (Å²) in [4.78, 5) is 13.0. The standard InChI is InChI=1S/C47H98N6O/c1-5-7-9-11-13-15-17-19-21-23-25-27-29-31-33-37-42-53(4,44-41-51-45(54)47(3,50)39-35-36-40-52-46(48)49)43-38-34-32-30-28-26-24-22-20-18-16-14-12-10-8-6-2/h5-44,50H2,1-4H3,(H4-,48,49,51,52,54)/p+1. The van der Waals surface area contributed by atoms with Gasteiger partial charge in [-0.25, -0.2) is 0 Å². The number of rotatable bonds is 43. The SMILES string of the molecule is CCCCCCCCCCCCCCCCCC[N+](C)(CCCCCCCCCCCCCCCCCC)CCNC(=O)C(C)(N)CCCCNC(=N)N. The number of hydrogen-bond acceptors (Lipinski definition) is 3. The van der Waals surface area contributed by atoms with Gasteiger partial charge in [-0.2, -0.15) is 0 Å². The number of unbranched alkanes of at least 4 members (excludes halogenated alkanes) is 31. The van der Waals surface area contributed by atoms with Crippen LogP contribution in [0, 0.1) is 5.41 Å². The minimum atomic E-state index is -0.874. The molecule has 1 atom stereocenters. The number of amides is 1. The van der Waals surface area contributed by atoms with Crippen LogP contribution in [-0.4, -0.2) is 61.7 Å². The second kappa shape index (κ2) is 38.5. The molecular weight excluding hydrogens is 665 g/mol. The summed E-state index contributed by atoms with van der Waals surface area (Å²) in [5, 5.41) is 13.3. The third kappa shape index (κ3) is 36.3. The molecule has 0 aromatic heterocycles. The van der Waals surface area contributed by atoms with Crippen LogP contribution in [-0.2, 0) is 4.79 Å². The molecule has 0 rings (SSSR count). The normalized spacial score (nSPS) is 12.9. The van der Waals surface area contributed by atoms with E-state index >= 15 is 0 Å². The van der Waals surface area contributed by atoms with Crippen molar-refractivity contribution in [3.63, 3.8) is 0 Å². The zero-order valence-electron chi connectivity index (χ0n) is 37.3. The predicted molar refractivity (Wildman–Crippen MR) is 239 cm³/mol. The topological polar surface area (TPSA) is 117 Å². The Kier molecular flexibility index (Phi) is 37.6. The van der Waals surface area contributed by atoms with Crippen molar-refractivity contribution in [1.29, 1.82) is 5.41 Å². The zero-order chi connectivity index (χ0) is 39.9. The van der Waals surface area contributed by atoms with Crippen LogP contribution in [0.2, 0.25) is 0 Å². The maximum atomic E-state index is 13.0. The van der Waals surface area contributed by atoms with E-state index in [4.69, 9.17) is 16.9 Å². The molecule has 0 aliphatic rings. The first-order valence-electron chi connectivity index (χ1n) is 24.2. The van der Waals surface area contributed by atoms with Gasteiger partial charge >= 0.3 is 0 Å². The van der Waals surface area contributed by atoms with Crippen LogP contribution in [0.25, 0.3) is 0 Å². The molecule has 0 radical (unpaired) electrons. The van der Waals surface area contributed by atoms with Crippen molar-refractivity contribution >= 4 is 11.9 Å². The summed E-state index contributed by atoms with van der Waals surface area (Å²) in [5.74, 6) is -0.0537. The van der Waals surface area contributed by atoms with E-state index in [0.717, 1.165) is 23.9 Å². The Morgan fingerprint density at radius 3 is 1.11 bits per heavy atom. The van der Waals surface area contributed by atoms with Gasteiger partial charge in [0.15, 0.2) is 5.96 Å². The van der Waals surface area contributed by atoms with E-state index in [9.17, 15) is 4.79 Å². The van der Waals surface area contributed by atoms with Gasteiger partial charge in [-0.15, -0.1) is 0 Å². The quantitative estimate of drug-likeness (QED) is 0.0184. The molecule has 1 amide bonds. The number of nitrogens with two attached hydrogens (primary N) is 2. The summed E-state index contributed by atoms with van der Waals surface area (Å²) >= 11 is 0. The molecule has 0 fully saturated rings. The fraction of sp³-hybridized carbons (Fsp3) is 0.957. The highest BCUT2D eigenvalue weighted by Crippen LogP contribution is 2.18. The highest BCUT2D eigenvalue weighted by molar-refractivity contribution is 5.85. The van der Waals surface area contributed by atoms with Crippen molar-refractivity contribution in [3.05, 3.63) is 0 Å². The van der Waals surface area contributed by atoms with Crippen molar-refractivity contribution in [2.45, 2.75) is 251 Å². The largest absolute Gasteiger partial charge is 0.370 e. The van der Waals surface area contributed by atoms with E-state index in [1.54, 1.807) is 0 Å². The van der Waals surface area contributed by atoms with E-state index in [1.807, 2.05) is 6.92 Å². The van der Waals surface area contributed by atoms with E-state index in [0.29, 0.717) is 19.5 Å². The number of guanidine groups is 1. The number of hydrogen-bond donors (Lipinski definition) is 5. The maximum absolute atomic E-state index is 13.0. The number of nitrogens with one attached hydrogen (secondary N) is 3. The first-order chi connectivity index (χ1) is 26.2. The molecule has 54 heavy (non-hydrogen) atoms. The summed E-state index contributed by atoms with van der Waals surface area (Å²) in [6, 6.07) is 0. The van der Waals surface area contributed by atoms with Gasteiger partial charge in [-0.3, -0.25) is 10.2 Å². The average molecular weight is 764 g/mol. The third-order valence-electron chi connectivity index (χ3n) is 12.0. The first kappa shape index (κ1) is 52.7. The Hall–Kier alpha value is -1.34. The molecule has 7 nitrogen and oxygen atoms in total. The van der Waals surface area contributed by atoms with E-state index in [2.05, 4.69) is 31.5 Å². The first-order valence-corrected chi connectivity index (χ1v) is 24.2. The second-order valence-corrected chi connectivity index (χ2v) is 17.9. The average Bonchev–Trinajstić information content (AvgIpc) is 3.14. The van der Waals surface area contributed by atoms with Crippen LogP contribution in [0.1, 0.15) is 245 Å². The van der Waals surface area contributed by atoms with Gasteiger partial charge in [0.1, 0.15) is 0 Å². The number of quaternary nitrogens is 1. The van der Waals surface area contributed by atoms with Crippen LogP contribution >= 0.6 is 0 Å². The second-order valence-electron chi connectivity index (χ2n) is 17.9. The molecule has 0 heterocycles. The van der Waals surface area contributed by atoms with Crippen LogP contribution in [0.5, 0.6) is 0 Å². The molecule has 0 bridgehead atoms. The van der Waals surface area contributed by atoms with E-state index in [-0.39, 0.29) is 11.9 Å². The summed E-state index contributed by atoms with van der Waals surface area (Å²) in [6.45, 7) is 11.2. The molecule has 7 N–H and O–H groups in total. The molecular formula is C47H99N6O+. The predicted octanol–water partition coefficient (Wildman–Crippen LogP) is 12.4. The van der Waals surface area contributed by atoms with Gasteiger partial charge in [-0.1, -0.05) is 194 Å². The molecule has 0 spiro atoms. The molecule has 0 aromatic carbocycles. The van der Waals surface area contributed by atoms with Gasteiger partial charge in [0.2, 0.25) is 5.91 Å². The molecule has 322 valence electrons. The molecule has 0 saturated carbocycles. The Morgan fingerprint density at radius 1 is 0.481 bits per heavy atom. The van der Waals surface area contributed by atoms with Crippen molar-refractivity contribution in [3.8, 4) is 0 Å². The van der Waals surface area contributed by atoms with Crippen molar-refractivity contribution in [1.82, 2.24) is 10.6 Å². The van der Waals surface area contributed by atoms with Crippen LogP contribution in [0.15, 0.2) is 0 Å². The van der Waals surface area contributed by atoms with E-state index in [1.165, 1.54) is 219 Å². The van der Waals surface area contributed by atoms with Gasteiger partial charge in [0.05, 0.1) is 38.8 Å². The fourth-order valence-electron chi connectivity index (χ4n) is 8.01. The summed E-state index contributed by atoms with van der Waals surface area (Å²) in [6.07, 6.45) is 47.2. The maximum Gasteiger partial charge on any atom is 0.240 e. The molecule has 7 heteroatoms. The van der Waals surface area contributed by atoms with Gasteiger partial charge < -0.3 is 26.6 Å². The van der Waals surface area contributed by atoms with Crippen LogP contribution < -0.4 is 22.1 Å². The molecule has 0 aromatic rings. The van der Waals surface area contributed by atoms with Gasteiger partial charge in [-0.05, 0) is 51.9 Å². The lowest BCUT2D eigenvalue weighted by molar-refractivity contribution is -0.908. The van der Waals surface area contributed by atoms with Crippen LogP contribution in [0.4, 0.5) is 0 Å². The minimum Gasteiger partial charge on any atom is -0.370 e. The van der Waals surface area contributed by atoms with Crippen molar-refractivity contribution < 1.29 is 9.28 Å². The Labute approximate surface area is 338 Å². The number of carbonyl (C=O) groups excluding carboxylic acids is 1. The van der Waals surface area contributed by atoms with Gasteiger partial charge in [0.25, 0.3) is 0 Å². The van der Waals surface area contributed by atoms with Gasteiger partial charge in [0, 0.05) is 6.54 Å². The summed E-state index contributed by atoms with van der Waals surface area (Å²) < 4.78 is 1.05. The third-order valence-corrected chi connectivity index (χ3v) is 12.0. The minimum absolute atomic E-state index is 0.0106. The molecule has 1 unspecified atom stereocenters. The summed E-state index contributed by atoms with van der Waals surface area (Å²) in [7, 11) is 2.42. The lowest BCUT2D eigenvalue weighted by atomic mass is 9.95. The lowest BCUT2D eigenvalue weighted by Crippen LogP contribution is -2.55. The Balaban J connectivity index is 4.35. The number of nitrogens with zero attached hydrogens (tertiary/aromatic N) is 1. The molecule has 0 saturated heterocycles. The molecule has 0 aliphatic heterocycles. The lowest BCUT2D eigenvalue weighted by Gasteiger charge is -2.35. The number of likely N-dealkylation sites (N-methyl/N-ethyl adjacent to an activating group) is 1.